The number of thioether (sulfide) groups is 1. The lowest BCUT2D eigenvalue weighted by Gasteiger charge is -2.32. The summed E-state index contributed by atoms with van der Waals surface area (Å²) in [5, 5.41) is 11.5. The van der Waals surface area contributed by atoms with Crippen molar-refractivity contribution in [1.82, 2.24) is 10.3 Å². The first-order chi connectivity index (χ1) is 15.6. The van der Waals surface area contributed by atoms with Gasteiger partial charge in [0.05, 0.1) is 5.36 Å². The van der Waals surface area contributed by atoms with Crippen molar-refractivity contribution in [2.75, 3.05) is 5.75 Å². The SMILES string of the molecule is CCCCSC1=NN2C(=c3ccccc3=N[C@@H]2c2ccc(-c3ccc(Br)cc3)o2)C(=O)N1. The van der Waals surface area contributed by atoms with Crippen LogP contribution in [0.2, 0.25) is 0 Å². The van der Waals surface area contributed by atoms with E-state index in [1.54, 1.807) is 16.8 Å². The van der Waals surface area contributed by atoms with Crippen LogP contribution in [-0.4, -0.2) is 21.8 Å². The molecule has 8 heteroatoms. The molecule has 2 aliphatic heterocycles. The fraction of sp³-hybridized carbons (Fsp3) is 0.208. The number of hydrazone groups is 1. The number of amides is 1. The molecule has 3 aromatic rings. The first-order valence-electron chi connectivity index (χ1n) is 10.5. The molecular weight excluding hydrogens is 488 g/mol. The highest BCUT2D eigenvalue weighted by atomic mass is 79.9. The summed E-state index contributed by atoms with van der Waals surface area (Å²) in [5.41, 5.74) is 1.46. The van der Waals surface area contributed by atoms with E-state index in [9.17, 15) is 4.79 Å². The monoisotopic (exact) mass is 508 g/mol. The van der Waals surface area contributed by atoms with Gasteiger partial charge in [-0.1, -0.05) is 71.4 Å². The molecule has 1 aromatic heterocycles. The van der Waals surface area contributed by atoms with Gasteiger partial charge in [0.1, 0.15) is 11.5 Å². The molecule has 0 bridgehead atoms. The van der Waals surface area contributed by atoms with Gasteiger partial charge in [0, 0.05) is 21.0 Å². The van der Waals surface area contributed by atoms with Crippen LogP contribution in [-0.2, 0) is 4.79 Å². The van der Waals surface area contributed by atoms with Crippen molar-refractivity contribution in [3.63, 3.8) is 0 Å². The zero-order valence-corrected chi connectivity index (χ0v) is 19.8. The van der Waals surface area contributed by atoms with Gasteiger partial charge in [-0.2, -0.15) is 0 Å². The van der Waals surface area contributed by atoms with Crippen LogP contribution in [0.4, 0.5) is 0 Å². The van der Waals surface area contributed by atoms with E-state index in [1.807, 2.05) is 60.7 Å². The average molecular weight is 509 g/mol. The van der Waals surface area contributed by atoms with E-state index >= 15 is 0 Å². The molecular formula is C24H21BrN4O2S. The number of amidine groups is 1. The van der Waals surface area contributed by atoms with Gasteiger partial charge < -0.3 is 4.42 Å². The van der Waals surface area contributed by atoms with Crippen LogP contribution in [0, 0.1) is 0 Å². The summed E-state index contributed by atoms with van der Waals surface area (Å²) < 4.78 is 7.22. The third-order valence-electron chi connectivity index (χ3n) is 5.26. The standard InChI is InChI=1S/C24H21BrN4O2S/c1-2-3-14-32-24-27-23(30)21-17-6-4-5-7-18(17)26-22(29(21)28-24)20-13-12-19(31-20)15-8-10-16(25)11-9-15/h4-13,22H,2-3,14H2,1H3,(H,27,28,30)/t22-/m0/s1. The highest BCUT2D eigenvalue weighted by molar-refractivity contribution is 9.10. The minimum atomic E-state index is -0.558. The number of nitrogens with one attached hydrogen (secondary N) is 1. The third-order valence-corrected chi connectivity index (χ3v) is 6.74. The van der Waals surface area contributed by atoms with E-state index in [-0.39, 0.29) is 5.91 Å². The third kappa shape index (κ3) is 4.00. The number of hydrogen-bond acceptors (Lipinski definition) is 6. The maximum atomic E-state index is 13.1. The molecule has 32 heavy (non-hydrogen) atoms. The minimum absolute atomic E-state index is 0.175. The summed E-state index contributed by atoms with van der Waals surface area (Å²) in [6.07, 6.45) is 1.59. The molecule has 0 saturated heterocycles. The fourth-order valence-corrected chi connectivity index (χ4v) is 4.85. The molecule has 0 radical (unpaired) electrons. The first-order valence-corrected chi connectivity index (χ1v) is 12.3. The lowest BCUT2D eigenvalue weighted by Crippen LogP contribution is -2.50. The van der Waals surface area contributed by atoms with Gasteiger partial charge in [0.2, 0.25) is 6.17 Å². The number of carbonyl (C=O) groups excluding carboxylic acids is 1. The van der Waals surface area contributed by atoms with Crippen LogP contribution in [0.1, 0.15) is 31.7 Å². The van der Waals surface area contributed by atoms with E-state index < -0.39 is 6.17 Å². The molecule has 0 spiro atoms. The number of para-hydroxylation sites is 1. The number of furan rings is 1. The molecule has 2 aromatic carbocycles. The smallest absolute Gasteiger partial charge is 0.276 e. The molecule has 3 heterocycles. The number of unbranched alkanes of at least 4 members (excludes halogenated alkanes) is 1. The Balaban J connectivity index is 1.57. The molecule has 0 aliphatic carbocycles. The zero-order chi connectivity index (χ0) is 22.1. The lowest BCUT2D eigenvalue weighted by atomic mass is 10.1. The minimum Gasteiger partial charge on any atom is -0.457 e. The maximum absolute atomic E-state index is 13.1. The van der Waals surface area contributed by atoms with Gasteiger partial charge >= 0.3 is 0 Å². The topological polar surface area (TPSA) is 70.2 Å². The summed E-state index contributed by atoms with van der Waals surface area (Å²) in [4.78, 5) is 18.0. The van der Waals surface area contributed by atoms with E-state index in [4.69, 9.17) is 14.5 Å². The zero-order valence-electron chi connectivity index (χ0n) is 17.4. The molecule has 0 saturated carbocycles. The molecule has 0 fully saturated rings. The summed E-state index contributed by atoms with van der Waals surface area (Å²) in [6, 6.07) is 19.4. The van der Waals surface area contributed by atoms with E-state index in [1.165, 1.54) is 0 Å². The summed E-state index contributed by atoms with van der Waals surface area (Å²) in [7, 11) is 0. The van der Waals surface area contributed by atoms with Crippen molar-refractivity contribution in [2.45, 2.75) is 25.9 Å². The van der Waals surface area contributed by atoms with Crippen molar-refractivity contribution < 1.29 is 9.21 Å². The van der Waals surface area contributed by atoms with E-state index in [2.05, 4.69) is 28.2 Å². The number of nitrogens with zero attached hydrogens (tertiary/aromatic N) is 3. The predicted octanol–water partition coefficient (Wildman–Crippen LogP) is 4.39. The van der Waals surface area contributed by atoms with Crippen molar-refractivity contribution >= 4 is 44.5 Å². The lowest BCUT2D eigenvalue weighted by molar-refractivity contribution is -0.116. The number of carbonyl (C=O) groups is 1. The van der Waals surface area contributed by atoms with Crippen LogP contribution >= 0.6 is 27.7 Å². The van der Waals surface area contributed by atoms with Crippen LogP contribution in [0.5, 0.6) is 0 Å². The molecule has 6 nitrogen and oxygen atoms in total. The largest absolute Gasteiger partial charge is 0.457 e. The maximum Gasteiger partial charge on any atom is 0.276 e. The summed E-state index contributed by atoms with van der Waals surface area (Å²) in [5.74, 6) is 2.09. The molecule has 162 valence electrons. The number of fused-ring (bicyclic) bond motifs is 2. The van der Waals surface area contributed by atoms with E-state index in [0.717, 1.165) is 45.0 Å². The van der Waals surface area contributed by atoms with Gasteiger partial charge in [0.15, 0.2) is 10.9 Å². The fourth-order valence-electron chi connectivity index (χ4n) is 3.65. The molecule has 0 unspecified atom stereocenters. The summed E-state index contributed by atoms with van der Waals surface area (Å²) >= 11 is 5.01. The van der Waals surface area contributed by atoms with Crippen LogP contribution in [0.15, 0.2) is 79.6 Å². The predicted molar refractivity (Wildman–Crippen MR) is 130 cm³/mol. The normalized spacial score (nSPS) is 17.2. The molecule has 1 atom stereocenters. The van der Waals surface area contributed by atoms with Gasteiger partial charge in [-0.15, -0.1) is 5.10 Å². The Kier molecular flexibility index (Phi) is 5.89. The summed E-state index contributed by atoms with van der Waals surface area (Å²) in [6.45, 7) is 2.14. The number of hydrogen-bond donors (Lipinski definition) is 1. The van der Waals surface area contributed by atoms with E-state index in [0.29, 0.717) is 16.6 Å². The Morgan fingerprint density at radius 2 is 1.94 bits per heavy atom. The Morgan fingerprint density at radius 3 is 2.75 bits per heavy atom. The van der Waals surface area contributed by atoms with Crippen LogP contribution in [0.25, 0.3) is 17.0 Å². The Hall–Kier alpha value is -2.84. The highest BCUT2D eigenvalue weighted by Gasteiger charge is 2.35. The second kappa shape index (κ2) is 8.96. The van der Waals surface area contributed by atoms with Crippen molar-refractivity contribution in [3.8, 4) is 11.3 Å². The second-order valence-corrected chi connectivity index (χ2v) is 9.48. The van der Waals surface area contributed by atoms with Gasteiger partial charge in [-0.3, -0.25) is 10.1 Å². The second-order valence-electron chi connectivity index (χ2n) is 7.48. The first kappa shape index (κ1) is 21.0. The Morgan fingerprint density at radius 1 is 1.12 bits per heavy atom. The van der Waals surface area contributed by atoms with Gasteiger partial charge in [-0.25, -0.2) is 10.0 Å². The van der Waals surface area contributed by atoms with Crippen molar-refractivity contribution in [2.24, 2.45) is 10.1 Å². The average Bonchev–Trinajstić information content (AvgIpc) is 3.29. The molecule has 1 N–H and O–H groups in total. The van der Waals surface area contributed by atoms with Gasteiger partial charge in [0.25, 0.3) is 5.91 Å². The van der Waals surface area contributed by atoms with Crippen molar-refractivity contribution in [1.29, 1.82) is 0 Å². The number of benzene rings is 2. The molecule has 2 aliphatic rings. The van der Waals surface area contributed by atoms with Crippen LogP contribution < -0.4 is 15.9 Å². The number of halogens is 1. The Labute approximate surface area is 198 Å². The number of rotatable bonds is 5. The Bertz CT molecular complexity index is 1320. The quantitative estimate of drug-likeness (QED) is 0.519. The van der Waals surface area contributed by atoms with Gasteiger partial charge in [-0.05, 0) is 36.8 Å². The molecule has 1 amide bonds. The molecule has 5 rings (SSSR count). The van der Waals surface area contributed by atoms with Crippen molar-refractivity contribution in [3.05, 3.63) is 81.5 Å². The highest BCUT2D eigenvalue weighted by Crippen LogP contribution is 2.34. The van der Waals surface area contributed by atoms with Crippen LogP contribution in [0.3, 0.4) is 0 Å².